The summed E-state index contributed by atoms with van der Waals surface area (Å²) in [5, 5.41) is 1.09. The van der Waals surface area contributed by atoms with Gasteiger partial charge in [0.05, 0.1) is 5.69 Å². The number of aromatic amines is 1. The molecule has 0 aliphatic carbocycles. The molecular weight excluding hydrogens is 343 g/mol. The molecule has 27 heavy (non-hydrogen) atoms. The van der Waals surface area contributed by atoms with E-state index in [1.807, 2.05) is 18.3 Å². The molecule has 1 aliphatic heterocycles. The fourth-order valence-electron chi connectivity index (χ4n) is 3.51. The molecule has 2 aromatic heterocycles. The number of H-pyrrole nitrogens is 1. The van der Waals surface area contributed by atoms with E-state index >= 15 is 0 Å². The highest BCUT2D eigenvalue weighted by Gasteiger charge is 2.21. The standard InChI is InChI=1S/C21H21FN4O/c1-25(2)19-6-5-15(12-18(19)22)21(27)26-10-7-14(8-11-26)17-13-24-20-16(17)4-3-9-23-20/h3-7,9,12-13H,8,10-11H2,1-2H3,(H,23,24). The zero-order valence-electron chi connectivity index (χ0n) is 15.4. The van der Waals surface area contributed by atoms with Gasteiger partial charge in [-0.25, -0.2) is 9.37 Å². The van der Waals surface area contributed by atoms with Gasteiger partial charge in [0.2, 0.25) is 0 Å². The number of rotatable bonds is 3. The Morgan fingerprint density at radius 3 is 2.85 bits per heavy atom. The monoisotopic (exact) mass is 364 g/mol. The third-order valence-electron chi connectivity index (χ3n) is 4.97. The maximum atomic E-state index is 14.2. The largest absolute Gasteiger partial charge is 0.375 e. The van der Waals surface area contributed by atoms with Gasteiger partial charge in [-0.3, -0.25) is 4.79 Å². The zero-order chi connectivity index (χ0) is 19.0. The highest BCUT2D eigenvalue weighted by atomic mass is 19.1. The third-order valence-corrected chi connectivity index (χ3v) is 4.97. The van der Waals surface area contributed by atoms with Crippen molar-refractivity contribution in [1.29, 1.82) is 0 Å². The van der Waals surface area contributed by atoms with Gasteiger partial charge >= 0.3 is 0 Å². The SMILES string of the molecule is CN(C)c1ccc(C(=O)N2CC=C(c3c[nH]c4ncccc34)CC2)cc1F. The molecule has 0 saturated carbocycles. The molecule has 6 heteroatoms. The van der Waals surface area contributed by atoms with E-state index in [1.54, 1.807) is 42.2 Å². The van der Waals surface area contributed by atoms with E-state index in [2.05, 4.69) is 16.0 Å². The molecule has 0 saturated heterocycles. The summed E-state index contributed by atoms with van der Waals surface area (Å²) in [7, 11) is 3.55. The van der Waals surface area contributed by atoms with Crippen LogP contribution in [-0.2, 0) is 0 Å². The van der Waals surface area contributed by atoms with Crippen molar-refractivity contribution < 1.29 is 9.18 Å². The Balaban J connectivity index is 1.53. The van der Waals surface area contributed by atoms with E-state index in [-0.39, 0.29) is 11.7 Å². The smallest absolute Gasteiger partial charge is 0.254 e. The summed E-state index contributed by atoms with van der Waals surface area (Å²) < 4.78 is 14.2. The lowest BCUT2D eigenvalue weighted by Gasteiger charge is -2.27. The summed E-state index contributed by atoms with van der Waals surface area (Å²) in [5.74, 6) is -0.527. The first kappa shape index (κ1) is 17.3. The molecule has 1 aromatic carbocycles. The Morgan fingerprint density at radius 2 is 2.15 bits per heavy atom. The first-order chi connectivity index (χ1) is 13.0. The summed E-state index contributed by atoms with van der Waals surface area (Å²) in [6, 6.07) is 8.62. The van der Waals surface area contributed by atoms with Crippen molar-refractivity contribution in [3.05, 3.63) is 65.7 Å². The Kier molecular flexibility index (Phi) is 4.39. The van der Waals surface area contributed by atoms with Crippen LogP contribution < -0.4 is 4.90 Å². The molecule has 138 valence electrons. The van der Waals surface area contributed by atoms with Gasteiger partial charge in [0.1, 0.15) is 11.5 Å². The van der Waals surface area contributed by atoms with Crippen LogP contribution in [0.1, 0.15) is 22.3 Å². The number of pyridine rings is 1. The maximum absolute atomic E-state index is 14.2. The molecule has 4 rings (SSSR count). The van der Waals surface area contributed by atoms with Crippen LogP contribution in [0.15, 0.2) is 48.8 Å². The van der Waals surface area contributed by atoms with Crippen molar-refractivity contribution >= 4 is 28.2 Å². The van der Waals surface area contributed by atoms with Gasteiger partial charge in [-0.05, 0) is 42.3 Å². The third kappa shape index (κ3) is 3.18. The topological polar surface area (TPSA) is 52.2 Å². The van der Waals surface area contributed by atoms with Crippen LogP contribution in [0.25, 0.3) is 16.6 Å². The molecule has 0 spiro atoms. The van der Waals surface area contributed by atoms with Gasteiger partial charge in [-0.2, -0.15) is 0 Å². The number of carbonyl (C=O) groups is 1. The first-order valence-corrected chi connectivity index (χ1v) is 8.92. The van der Waals surface area contributed by atoms with Crippen LogP contribution in [0, 0.1) is 5.82 Å². The molecule has 0 atom stereocenters. The molecular formula is C21H21FN4O. The quantitative estimate of drug-likeness (QED) is 0.771. The number of nitrogens with zero attached hydrogens (tertiary/aromatic N) is 3. The number of halogens is 1. The predicted octanol–water partition coefficient (Wildman–Crippen LogP) is 3.70. The number of hydrogen-bond acceptors (Lipinski definition) is 3. The highest BCUT2D eigenvalue weighted by Crippen LogP contribution is 2.29. The number of aromatic nitrogens is 2. The second kappa shape index (κ2) is 6.87. The van der Waals surface area contributed by atoms with Crippen LogP contribution in [0.5, 0.6) is 0 Å². The van der Waals surface area contributed by atoms with Crippen molar-refractivity contribution in [2.75, 3.05) is 32.1 Å². The normalized spacial score (nSPS) is 14.3. The van der Waals surface area contributed by atoms with Crippen LogP contribution >= 0.6 is 0 Å². The highest BCUT2D eigenvalue weighted by molar-refractivity contribution is 5.96. The van der Waals surface area contributed by atoms with Crippen LogP contribution in [0.3, 0.4) is 0 Å². The number of anilines is 1. The second-order valence-electron chi connectivity index (χ2n) is 6.89. The van der Waals surface area contributed by atoms with Crippen molar-refractivity contribution in [3.8, 4) is 0 Å². The Hall–Kier alpha value is -3.15. The van der Waals surface area contributed by atoms with E-state index in [1.165, 1.54) is 11.6 Å². The van der Waals surface area contributed by atoms with E-state index in [0.717, 1.165) is 23.0 Å². The van der Waals surface area contributed by atoms with Crippen LogP contribution in [-0.4, -0.2) is 48.0 Å². The molecule has 3 heterocycles. The second-order valence-corrected chi connectivity index (χ2v) is 6.89. The lowest BCUT2D eigenvalue weighted by atomic mass is 9.99. The average molecular weight is 364 g/mol. The number of nitrogens with one attached hydrogen (secondary N) is 1. The van der Waals surface area contributed by atoms with Crippen LogP contribution in [0.2, 0.25) is 0 Å². The molecule has 3 aromatic rings. The number of amides is 1. The first-order valence-electron chi connectivity index (χ1n) is 8.92. The van der Waals surface area contributed by atoms with Gasteiger partial charge in [0.15, 0.2) is 0 Å². The molecule has 0 bridgehead atoms. The lowest BCUT2D eigenvalue weighted by molar-refractivity contribution is 0.0772. The van der Waals surface area contributed by atoms with E-state index in [9.17, 15) is 9.18 Å². The summed E-state index contributed by atoms with van der Waals surface area (Å²) in [4.78, 5) is 23.7. The summed E-state index contributed by atoms with van der Waals surface area (Å²) in [6.07, 6.45) is 6.56. The predicted molar refractivity (Wildman–Crippen MR) is 105 cm³/mol. The molecule has 1 aliphatic rings. The molecule has 0 fully saturated rings. The number of benzene rings is 1. The van der Waals surface area contributed by atoms with E-state index in [4.69, 9.17) is 0 Å². The van der Waals surface area contributed by atoms with Gasteiger partial charge in [0.25, 0.3) is 5.91 Å². The van der Waals surface area contributed by atoms with Gasteiger partial charge in [0, 0.05) is 56.1 Å². The van der Waals surface area contributed by atoms with Crippen molar-refractivity contribution in [1.82, 2.24) is 14.9 Å². The molecule has 1 N–H and O–H groups in total. The summed E-state index contributed by atoms with van der Waals surface area (Å²) in [5.41, 5.74) is 4.05. The maximum Gasteiger partial charge on any atom is 0.254 e. The minimum atomic E-state index is -0.384. The number of carbonyl (C=O) groups excluding carboxylic acids is 1. The minimum Gasteiger partial charge on any atom is -0.375 e. The molecule has 0 unspecified atom stereocenters. The van der Waals surface area contributed by atoms with Gasteiger partial charge in [-0.15, -0.1) is 0 Å². The molecule has 5 nitrogen and oxygen atoms in total. The van der Waals surface area contributed by atoms with Crippen molar-refractivity contribution in [2.45, 2.75) is 6.42 Å². The molecule has 1 amide bonds. The Bertz CT molecular complexity index is 1040. The van der Waals surface area contributed by atoms with Crippen molar-refractivity contribution in [2.24, 2.45) is 0 Å². The van der Waals surface area contributed by atoms with Crippen molar-refractivity contribution in [3.63, 3.8) is 0 Å². The minimum absolute atomic E-state index is 0.143. The average Bonchev–Trinajstić information content (AvgIpc) is 3.11. The fraction of sp³-hybridized carbons (Fsp3) is 0.238. The summed E-state index contributed by atoms with van der Waals surface area (Å²) in [6.45, 7) is 1.12. The van der Waals surface area contributed by atoms with Gasteiger partial charge in [-0.1, -0.05) is 6.08 Å². The molecule has 0 radical (unpaired) electrons. The Labute approximate surface area is 157 Å². The number of fused-ring (bicyclic) bond motifs is 1. The van der Waals surface area contributed by atoms with E-state index < -0.39 is 0 Å². The lowest BCUT2D eigenvalue weighted by Crippen LogP contribution is -2.34. The zero-order valence-corrected chi connectivity index (χ0v) is 15.4. The number of hydrogen-bond donors (Lipinski definition) is 1. The van der Waals surface area contributed by atoms with Crippen LogP contribution in [0.4, 0.5) is 10.1 Å². The summed E-state index contributed by atoms with van der Waals surface area (Å²) >= 11 is 0. The van der Waals surface area contributed by atoms with E-state index in [0.29, 0.717) is 24.3 Å². The van der Waals surface area contributed by atoms with Gasteiger partial charge < -0.3 is 14.8 Å². The fourth-order valence-corrected chi connectivity index (χ4v) is 3.51. The Morgan fingerprint density at radius 1 is 1.30 bits per heavy atom.